The van der Waals surface area contributed by atoms with Gasteiger partial charge in [-0.3, -0.25) is 4.79 Å². The maximum Gasteiger partial charge on any atom is 0.156 e. The maximum atomic E-state index is 11.8. The first-order valence-electron chi connectivity index (χ1n) is 7.35. The van der Waals surface area contributed by atoms with E-state index in [4.69, 9.17) is 4.74 Å². The molecule has 3 nitrogen and oxygen atoms in total. The zero-order valence-corrected chi connectivity index (χ0v) is 12.2. The molecule has 1 aliphatic heterocycles. The predicted octanol–water partition coefficient (Wildman–Crippen LogP) is 3.15. The summed E-state index contributed by atoms with van der Waals surface area (Å²) in [7, 11) is 1.65. The standard InChI is InChI=1S/C17H23NO2/c1-20-17-9-6-15(7-10-17)5-8-16(19)11-14-18-12-3-2-4-13-18/h5-10H,2-4,11-14H2,1H3/b8-5-. The molecule has 1 aromatic carbocycles. The van der Waals surface area contributed by atoms with Gasteiger partial charge < -0.3 is 9.64 Å². The van der Waals surface area contributed by atoms with Crippen LogP contribution in [0.15, 0.2) is 30.3 Å². The highest BCUT2D eigenvalue weighted by molar-refractivity contribution is 5.93. The van der Waals surface area contributed by atoms with Crippen LogP contribution in [0.3, 0.4) is 0 Å². The molecular formula is C17H23NO2. The van der Waals surface area contributed by atoms with Crippen molar-refractivity contribution >= 4 is 11.9 Å². The average molecular weight is 273 g/mol. The highest BCUT2D eigenvalue weighted by Gasteiger charge is 2.10. The van der Waals surface area contributed by atoms with E-state index in [0.29, 0.717) is 6.42 Å². The number of allylic oxidation sites excluding steroid dienone is 1. The third-order valence-electron chi connectivity index (χ3n) is 3.70. The second-order valence-corrected chi connectivity index (χ2v) is 5.23. The van der Waals surface area contributed by atoms with Gasteiger partial charge in [0.1, 0.15) is 5.75 Å². The van der Waals surface area contributed by atoms with Crippen LogP contribution in [-0.4, -0.2) is 37.4 Å². The number of nitrogens with zero attached hydrogens (tertiary/aromatic N) is 1. The molecule has 1 heterocycles. The maximum absolute atomic E-state index is 11.8. The van der Waals surface area contributed by atoms with E-state index < -0.39 is 0 Å². The molecule has 0 atom stereocenters. The molecule has 1 fully saturated rings. The number of hydrogen-bond acceptors (Lipinski definition) is 3. The molecule has 1 saturated heterocycles. The van der Waals surface area contributed by atoms with E-state index in [1.807, 2.05) is 30.3 Å². The van der Waals surface area contributed by atoms with E-state index in [9.17, 15) is 4.79 Å². The SMILES string of the molecule is COc1ccc(/C=C\C(=O)CCN2CCCCC2)cc1. The number of ketones is 1. The van der Waals surface area contributed by atoms with Gasteiger partial charge in [-0.1, -0.05) is 24.6 Å². The monoisotopic (exact) mass is 273 g/mol. The van der Waals surface area contributed by atoms with E-state index in [2.05, 4.69) is 4.90 Å². The molecule has 0 N–H and O–H groups in total. The fourth-order valence-electron chi connectivity index (χ4n) is 2.44. The minimum Gasteiger partial charge on any atom is -0.497 e. The minimum absolute atomic E-state index is 0.200. The Hall–Kier alpha value is -1.61. The molecule has 0 radical (unpaired) electrons. The fraction of sp³-hybridized carbons (Fsp3) is 0.471. The van der Waals surface area contributed by atoms with Crippen molar-refractivity contribution in [2.24, 2.45) is 0 Å². The molecule has 0 amide bonds. The van der Waals surface area contributed by atoms with Gasteiger partial charge in [-0.25, -0.2) is 0 Å². The lowest BCUT2D eigenvalue weighted by Crippen LogP contribution is -2.31. The number of piperidine rings is 1. The van der Waals surface area contributed by atoms with Gasteiger partial charge in [-0.05, 0) is 49.7 Å². The largest absolute Gasteiger partial charge is 0.497 e. The van der Waals surface area contributed by atoms with Crippen LogP contribution in [0.25, 0.3) is 6.08 Å². The lowest BCUT2D eigenvalue weighted by atomic mass is 10.1. The molecule has 0 bridgehead atoms. The van der Waals surface area contributed by atoms with Gasteiger partial charge in [-0.15, -0.1) is 0 Å². The highest BCUT2D eigenvalue weighted by atomic mass is 16.5. The van der Waals surface area contributed by atoms with Crippen molar-refractivity contribution in [2.75, 3.05) is 26.7 Å². The van der Waals surface area contributed by atoms with Gasteiger partial charge in [0.05, 0.1) is 7.11 Å². The minimum atomic E-state index is 0.200. The van der Waals surface area contributed by atoms with E-state index in [1.165, 1.54) is 19.3 Å². The summed E-state index contributed by atoms with van der Waals surface area (Å²) < 4.78 is 5.10. The molecule has 20 heavy (non-hydrogen) atoms. The zero-order valence-electron chi connectivity index (χ0n) is 12.2. The van der Waals surface area contributed by atoms with Crippen molar-refractivity contribution in [1.29, 1.82) is 0 Å². The normalized spacial score (nSPS) is 16.4. The lowest BCUT2D eigenvalue weighted by Gasteiger charge is -2.25. The van der Waals surface area contributed by atoms with Gasteiger partial charge >= 0.3 is 0 Å². The van der Waals surface area contributed by atoms with E-state index in [-0.39, 0.29) is 5.78 Å². The smallest absolute Gasteiger partial charge is 0.156 e. The Morgan fingerprint density at radius 3 is 2.55 bits per heavy atom. The summed E-state index contributed by atoms with van der Waals surface area (Å²) in [6, 6.07) is 7.70. The Balaban J connectivity index is 1.76. The summed E-state index contributed by atoms with van der Waals surface area (Å²) in [4.78, 5) is 14.2. The van der Waals surface area contributed by atoms with Crippen LogP contribution in [0, 0.1) is 0 Å². The first kappa shape index (κ1) is 14.8. The van der Waals surface area contributed by atoms with Crippen molar-refractivity contribution in [3.8, 4) is 5.75 Å². The Morgan fingerprint density at radius 1 is 1.20 bits per heavy atom. The zero-order chi connectivity index (χ0) is 14.2. The molecule has 0 aromatic heterocycles. The fourth-order valence-corrected chi connectivity index (χ4v) is 2.44. The van der Waals surface area contributed by atoms with Gasteiger partial charge in [0.15, 0.2) is 5.78 Å². The topological polar surface area (TPSA) is 29.5 Å². The van der Waals surface area contributed by atoms with Crippen LogP contribution < -0.4 is 4.74 Å². The number of carbonyl (C=O) groups excluding carboxylic acids is 1. The van der Waals surface area contributed by atoms with Crippen molar-refractivity contribution in [3.63, 3.8) is 0 Å². The third-order valence-corrected chi connectivity index (χ3v) is 3.70. The first-order chi connectivity index (χ1) is 9.78. The number of benzene rings is 1. The number of hydrogen-bond donors (Lipinski definition) is 0. The Kier molecular flexibility index (Phi) is 5.81. The summed E-state index contributed by atoms with van der Waals surface area (Å²) in [5.41, 5.74) is 1.03. The van der Waals surface area contributed by atoms with Crippen LogP contribution in [0.2, 0.25) is 0 Å². The third kappa shape index (κ3) is 4.82. The van der Waals surface area contributed by atoms with E-state index >= 15 is 0 Å². The molecule has 0 spiro atoms. The van der Waals surface area contributed by atoms with Crippen LogP contribution in [0.5, 0.6) is 5.75 Å². The molecular weight excluding hydrogens is 250 g/mol. The number of rotatable bonds is 6. The Bertz CT molecular complexity index is 445. The lowest BCUT2D eigenvalue weighted by molar-refractivity contribution is -0.114. The van der Waals surface area contributed by atoms with Gasteiger partial charge in [0.2, 0.25) is 0 Å². The van der Waals surface area contributed by atoms with Gasteiger partial charge in [0.25, 0.3) is 0 Å². The first-order valence-corrected chi connectivity index (χ1v) is 7.35. The molecule has 2 rings (SSSR count). The van der Waals surface area contributed by atoms with Gasteiger partial charge in [0, 0.05) is 13.0 Å². The van der Waals surface area contributed by atoms with Crippen LogP contribution in [-0.2, 0) is 4.79 Å². The number of carbonyl (C=O) groups is 1. The van der Waals surface area contributed by atoms with Crippen molar-refractivity contribution in [1.82, 2.24) is 4.90 Å². The van der Waals surface area contributed by atoms with Crippen molar-refractivity contribution in [3.05, 3.63) is 35.9 Å². The second kappa shape index (κ2) is 7.85. The number of likely N-dealkylation sites (tertiary alicyclic amines) is 1. The average Bonchev–Trinajstić information content (AvgIpc) is 2.52. The van der Waals surface area contributed by atoms with E-state index in [1.54, 1.807) is 13.2 Å². The number of methoxy groups -OCH3 is 1. The Labute approximate surface area is 121 Å². The second-order valence-electron chi connectivity index (χ2n) is 5.23. The molecule has 1 aliphatic rings. The quantitative estimate of drug-likeness (QED) is 0.746. The van der Waals surface area contributed by atoms with Crippen molar-refractivity contribution < 1.29 is 9.53 Å². The summed E-state index contributed by atoms with van der Waals surface area (Å²) in [6.45, 7) is 3.19. The summed E-state index contributed by atoms with van der Waals surface area (Å²) in [5, 5.41) is 0. The molecule has 0 saturated carbocycles. The summed E-state index contributed by atoms with van der Waals surface area (Å²) >= 11 is 0. The predicted molar refractivity (Wildman–Crippen MR) is 81.9 cm³/mol. The summed E-state index contributed by atoms with van der Waals surface area (Å²) in [5.74, 6) is 1.03. The molecule has 0 unspecified atom stereocenters. The van der Waals surface area contributed by atoms with Crippen LogP contribution >= 0.6 is 0 Å². The van der Waals surface area contributed by atoms with Crippen LogP contribution in [0.4, 0.5) is 0 Å². The molecule has 1 aromatic rings. The molecule has 0 aliphatic carbocycles. The Morgan fingerprint density at radius 2 is 1.90 bits per heavy atom. The summed E-state index contributed by atoms with van der Waals surface area (Å²) in [6.07, 6.45) is 8.06. The van der Waals surface area contributed by atoms with E-state index in [0.717, 1.165) is 30.9 Å². The molecule has 3 heteroatoms. The highest BCUT2D eigenvalue weighted by Crippen LogP contribution is 2.13. The molecule has 108 valence electrons. The van der Waals surface area contributed by atoms with Crippen LogP contribution in [0.1, 0.15) is 31.2 Å². The van der Waals surface area contributed by atoms with Gasteiger partial charge in [-0.2, -0.15) is 0 Å². The van der Waals surface area contributed by atoms with Crippen molar-refractivity contribution in [2.45, 2.75) is 25.7 Å². The number of ether oxygens (including phenoxy) is 1.